The SMILES string of the molecule is CC.CC.CNC.COc1c(C)ccc(/C(=C\C(C)=O)c2ccccc2)c1C.Cc1ccccc1. The van der Waals surface area contributed by atoms with E-state index in [4.69, 9.17) is 4.74 Å². The van der Waals surface area contributed by atoms with Gasteiger partial charge in [0.05, 0.1) is 7.11 Å². The average molecular weight is 478 g/mol. The van der Waals surface area contributed by atoms with E-state index >= 15 is 0 Å². The molecule has 0 aliphatic rings. The first-order chi connectivity index (χ1) is 16.8. The van der Waals surface area contributed by atoms with Gasteiger partial charge in [0, 0.05) is 0 Å². The summed E-state index contributed by atoms with van der Waals surface area (Å²) in [6, 6.07) is 24.3. The summed E-state index contributed by atoms with van der Waals surface area (Å²) in [5.74, 6) is 0.908. The lowest BCUT2D eigenvalue weighted by molar-refractivity contribution is -0.112. The number of ether oxygens (including phenoxy) is 1. The fourth-order valence-corrected chi connectivity index (χ4v) is 3.10. The Bertz CT molecular complexity index is 962. The first kappa shape index (κ1) is 34.0. The number of allylic oxidation sites excluding steroid dienone is 1. The maximum Gasteiger partial charge on any atom is 0.153 e. The van der Waals surface area contributed by atoms with Crippen LogP contribution in [-0.2, 0) is 4.79 Å². The van der Waals surface area contributed by atoms with Gasteiger partial charge in [0.2, 0.25) is 0 Å². The summed E-state index contributed by atoms with van der Waals surface area (Å²) < 4.78 is 5.50. The van der Waals surface area contributed by atoms with E-state index in [1.165, 1.54) is 5.56 Å². The fourth-order valence-electron chi connectivity index (χ4n) is 3.10. The minimum atomic E-state index is 0.0350. The molecule has 35 heavy (non-hydrogen) atoms. The highest BCUT2D eigenvalue weighted by atomic mass is 16.5. The van der Waals surface area contributed by atoms with Gasteiger partial charge >= 0.3 is 0 Å². The highest BCUT2D eigenvalue weighted by molar-refractivity contribution is 5.99. The van der Waals surface area contributed by atoms with Crippen LogP contribution in [0.2, 0.25) is 0 Å². The number of carbonyl (C=O) groups excluding carboxylic acids is 1. The highest BCUT2D eigenvalue weighted by Crippen LogP contribution is 2.33. The van der Waals surface area contributed by atoms with Crippen molar-refractivity contribution in [3.63, 3.8) is 0 Å². The standard InChI is InChI=1S/C19H20O2.C7H8.C2H7N.2C2H6/c1-13-10-11-17(15(3)19(13)21-4)18(12-14(2)20)16-8-6-5-7-9-16;1-7-5-3-2-4-6-7;1-3-2;2*1-2/h5-12H,1-4H3;2-6H,1H3;3H,1-2H3;2*1-2H3/b18-12-;;;;. The molecule has 3 rings (SSSR count). The zero-order valence-electron chi connectivity index (χ0n) is 23.8. The molecule has 3 aromatic carbocycles. The number of hydrogen-bond acceptors (Lipinski definition) is 3. The number of carbonyl (C=O) groups is 1. The Balaban J connectivity index is 0. The number of benzene rings is 3. The molecule has 192 valence electrons. The number of hydrogen-bond donors (Lipinski definition) is 1. The Kier molecular flexibility index (Phi) is 20.8. The van der Waals surface area contributed by atoms with E-state index in [0.29, 0.717) is 0 Å². The van der Waals surface area contributed by atoms with Crippen LogP contribution in [0.15, 0.2) is 78.9 Å². The van der Waals surface area contributed by atoms with Crippen LogP contribution in [0.5, 0.6) is 5.75 Å². The summed E-state index contributed by atoms with van der Waals surface area (Å²) in [6.07, 6.45) is 1.69. The van der Waals surface area contributed by atoms with Crippen LogP contribution < -0.4 is 10.1 Å². The predicted molar refractivity (Wildman–Crippen MR) is 156 cm³/mol. The van der Waals surface area contributed by atoms with Crippen molar-refractivity contribution in [3.8, 4) is 5.75 Å². The van der Waals surface area contributed by atoms with Crippen molar-refractivity contribution in [1.82, 2.24) is 5.32 Å². The lowest BCUT2D eigenvalue weighted by Gasteiger charge is -2.16. The van der Waals surface area contributed by atoms with Crippen LogP contribution in [-0.4, -0.2) is 27.0 Å². The molecule has 0 amide bonds. The smallest absolute Gasteiger partial charge is 0.153 e. The number of rotatable bonds is 4. The van der Waals surface area contributed by atoms with Gasteiger partial charge < -0.3 is 10.1 Å². The number of methoxy groups -OCH3 is 1. The molecule has 0 radical (unpaired) electrons. The molecule has 0 fully saturated rings. The second kappa shape index (κ2) is 21.4. The monoisotopic (exact) mass is 477 g/mol. The maximum absolute atomic E-state index is 11.6. The average Bonchev–Trinajstić information content (AvgIpc) is 2.87. The van der Waals surface area contributed by atoms with Crippen molar-refractivity contribution >= 4 is 11.4 Å². The van der Waals surface area contributed by atoms with Crippen molar-refractivity contribution < 1.29 is 9.53 Å². The van der Waals surface area contributed by atoms with Crippen LogP contribution in [0, 0.1) is 20.8 Å². The fraction of sp³-hybridized carbons (Fsp3) is 0.344. The molecule has 0 aromatic heterocycles. The van der Waals surface area contributed by atoms with Gasteiger partial charge in [-0.1, -0.05) is 106 Å². The van der Waals surface area contributed by atoms with E-state index in [2.05, 4.69) is 30.4 Å². The Morgan fingerprint density at radius 1 is 0.771 bits per heavy atom. The van der Waals surface area contributed by atoms with E-state index in [-0.39, 0.29) is 5.78 Å². The first-order valence-electron chi connectivity index (χ1n) is 12.4. The third-order valence-electron chi connectivity index (χ3n) is 4.47. The Morgan fingerprint density at radius 3 is 1.60 bits per heavy atom. The zero-order chi connectivity index (χ0) is 27.2. The van der Waals surface area contributed by atoms with E-state index in [0.717, 1.165) is 33.6 Å². The summed E-state index contributed by atoms with van der Waals surface area (Å²) in [4.78, 5) is 11.6. The first-order valence-corrected chi connectivity index (χ1v) is 12.4. The van der Waals surface area contributed by atoms with Gasteiger partial charge in [-0.2, -0.15) is 0 Å². The lowest BCUT2D eigenvalue weighted by Crippen LogP contribution is -1.99. The minimum Gasteiger partial charge on any atom is -0.496 e. The molecule has 3 aromatic rings. The van der Waals surface area contributed by atoms with Crippen molar-refractivity contribution in [2.45, 2.75) is 55.4 Å². The normalized spacial score (nSPS) is 9.40. The van der Waals surface area contributed by atoms with Crippen molar-refractivity contribution in [2.24, 2.45) is 0 Å². The van der Waals surface area contributed by atoms with Gasteiger partial charge in [0.15, 0.2) is 5.78 Å². The van der Waals surface area contributed by atoms with Crippen LogP contribution >= 0.6 is 0 Å². The van der Waals surface area contributed by atoms with E-state index < -0.39 is 0 Å². The molecule has 0 saturated heterocycles. The molecule has 0 saturated carbocycles. The van der Waals surface area contributed by atoms with Crippen LogP contribution in [0.1, 0.15) is 62.4 Å². The summed E-state index contributed by atoms with van der Waals surface area (Å²) in [5.41, 5.74) is 6.45. The van der Waals surface area contributed by atoms with Gasteiger partial charge in [-0.15, -0.1) is 0 Å². The lowest BCUT2D eigenvalue weighted by atomic mass is 9.92. The minimum absolute atomic E-state index is 0.0350. The third-order valence-corrected chi connectivity index (χ3v) is 4.47. The van der Waals surface area contributed by atoms with E-state index in [1.54, 1.807) is 20.1 Å². The molecule has 0 aliphatic carbocycles. The van der Waals surface area contributed by atoms with Crippen molar-refractivity contribution in [3.05, 3.63) is 107 Å². The van der Waals surface area contributed by atoms with Crippen LogP contribution in [0.4, 0.5) is 0 Å². The third kappa shape index (κ3) is 13.3. The summed E-state index contributed by atoms with van der Waals surface area (Å²) in [5, 5.41) is 2.75. The molecule has 0 aliphatic heterocycles. The predicted octanol–water partition coefficient (Wildman–Crippen LogP) is 8.22. The summed E-state index contributed by atoms with van der Waals surface area (Å²) in [7, 11) is 5.43. The summed E-state index contributed by atoms with van der Waals surface area (Å²) in [6.45, 7) is 15.7. The van der Waals surface area contributed by atoms with Crippen molar-refractivity contribution in [1.29, 1.82) is 0 Å². The van der Waals surface area contributed by atoms with Gasteiger partial charge in [-0.3, -0.25) is 4.79 Å². The van der Waals surface area contributed by atoms with Gasteiger partial charge in [-0.25, -0.2) is 0 Å². The molecular formula is C32H47NO2. The second-order valence-corrected chi connectivity index (χ2v) is 7.28. The molecule has 0 bridgehead atoms. The quantitative estimate of drug-likeness (QED) is 0.385. The van der Waals surface area contributed by atoms with E-state index in [9.17, 15) is 4.79 Å². The van der Waals surface area contributed by atoms with Crippen LogP contribution in [0.25, 0.3) is 5.57 Å². The van der Waals surface area contributed by atoms with Crippen molar-refractivity contribution in [2.75, 3.05) is 21.2 Å². The van der Waals surface area contributed by atoms with Crippen LogP contribution in [0.3, 0.4) is 0 Å². The molecule has 0 heterocycles. The Labute approximate surface area is 215 Å². The number of nitrogens with one attached hydrogen (secondary N) is 1. The molecule has 0 spiro atoms. The summed E-state index contributed by atoms with van der Waals surface area (Å²) >= 11 is 0. The van der Waals surface area contributed by atoms with Gasteiger partial charge in [0.1, 0.15) is 5.75 Å². The number of ketones is 1. The Hall–Kier alpha value is -3.17. The molecule has 1 N–H and O–H groups in total. The molecule has 0 unspecified atom stereocenters. The Morgan fingerprint density at radius 2 is 1.23 bits per heavy atom. The van der Waals surface area contributed by atoms with E-state index in [1.807, 2.05) is 110 Å². The topological polar surface area (TPSA) is 38.3 Å². The molecule has 0 atom stereocenters. The van der Waals surface area contributed by atoms with Gasteiger partial charge in [0.25, 0.3) is 0 Å². The highest BCUT2D eigenvalue weighted by Gasteiger charge is 2.13. The molecule has 3 heteroatoms. The second-order valence-electron chi connectivity index (χ2n) is 7.28. The maximum atomic E-state index is 11.6. The molecule has 3 nitrogen and oxygen atoms in total. The zero-order valence-corrected chi connectivity index (χ0v) is 23.8. The molecular weight excluding hydrogens is 430 g/mol. The van der Waals surface area contributed by atoms with Gasteiger partial charge in [-0.05, 0) is 75.7 Å². The largest absolute Gasteiger partial charge is 0.496 e. The number of aryl methyl sites for hydroxylation is 2.